The number of hydrogen-bond acceptors (Lipinski definition) is 2. The predicted molar refractivity (Wildman–Crippen MR) is 92.4 cm³/mol. The van der Waals surface area contributed by atoms with Crippen LogP contribution in [0, 0.1) is 11.6 Å². The highest BCUT2D eigenvalue weighted by Gasteiger charge is 2.15. The predicted octanol–water partition coefficient (Wildman–Crippen LogP) is 5.52. The van der Waals surface area contributed by atoms with E-state index in [1.165, 1.54) is 12.1 Å². The van der Waals surface area contributed by atoms with E-state index in [9.17, 15) is 8.78 Å². The van der Waals surface area contributed by atoms with Gasteiger partial charge in [0.1, 0.15) is 10.8 Å². The van der Waals surface area contributed by atoms with Gasteiger partial charge >= 0.3 is 0 Å². The molecule has 2 nitrogen and oxygen atoms in total. The summed E-state index contributed by atoms with van der Waals surface area (Å²) in [5, 5.41) is 2.93. The number of nitrogens with one attached hydrogen (secondary N) is 1. The Morgan fingerprint density at radius 1 is 1.24 bits per heavy atom. The molecule has 0 aromatic heterocycles. The van der Waals surface area contributed by atoms with Gasteiger partial charge < -0.3 is 11.1 Å². The van der Waals surface area contributed by atoms with Gasteiger partial charge in [0.15, 0.2) is 5.82 Å². The Kier molecular flexibility index (Phi) is 5.19. The third-order valence-electron chi connectivity index (χ3n) is 2.61. The minimum atomic E-state index is -0.576. The summed E-state index contributed by atoms with van der Waals surface area (Å²) in [7, 11) is 0. The van der Waals surface area contributed by atoms with Gasteiger partial charge in [-0.15, -0.1) is 0 Å². The Bertz CT molecular complexity index is 717. The van der Waals surface area contributed by atoms with Crippen molar-refractivity contribution in [3.8, 4) is 0 Å². The van der Waals surface area contributed by atoms with E-state index in [2.05, 4.69) is 37.2 Å². The standard InChI is InChI=1S/C13H7Br2ClF2N2S/c14-7-3-5(17)4-8(16)12(7)20-9-2-1-6(13(19)21)10(15)11(9)18/h1-4,20H,(H2,19,21). The molecule has 0 aliphatic rings. The summed E-state index contributed by atoms with van der Waals surface area (Å²) >= 11 is 17.1. The first-order valence-corrected chi connectivity index (χ1v) is 7.88. The number of rotatable bonds is 3. The maximum absolute atomic E-state index is 14.3. The summed E-state index contributed by atoms with van der Waals surface area (Å²) in [5.74, 6) is -1.07. The Hall–Kier alpha value is -0.760. The summed E-state index contributed by atoms with van der Waals surface area (Å²) in [5.41, 5.74) is 6.38. The number of anilines is 2. The minimum Gasteiger partial charge on any atom is -0.389 e. The van der Waals surface area contributed by atoms with Crippen LogP contribution in [0.2, 0.25) is 5.02 Å². The van der Waals surface area contributed by atoms with Crippen LogP contribution in [0.25, 0.3) is 0 Å². The van der Waals surface area contributed by atoms with Gasteiger partial charge in [0.25, 0.3) is 0 Å². The molecule has 21 heavy (non-hydrogen) atoms. The van der Waals surface area contributed by atoms with Gasteiger partial charge in [-0.1, -0.05) is 23.8 Å². The molecule has 0 aliphatic heterocycles. The van der Waals surface area contributed by atoms with Gasteiger partial charge in [-0.25, -0.2) is 8.78 Å². The molecule has 0 bridgehead atoms. The lowest BCUT2D eigenvalue weighted by atomic mass is 10.2. The van der Waals surface area contributed by atoms with Crippen molar-refractivity contribution in [2.45, 2.75) is 0 Å². The Balaban J connectivity index is 2.46. The maximum atomic E-state index is 14.3. The first kappa shape index (κ1) is 16.6. The van der Waals surface area contributed by atoms with E-state index in [0.717, 1.165) is 6.07 Å². The van der Waals surface area contributed by atoms with Crippen LogP contribution >= 0.6 is 55.7 Å². The van der Waals surface area contributed by atoms with Crippen LogP contribution in [0.1, 0.15) is 5.56 Å². The van der Waals surface area contributed by atoms with E-state index in [-0.39, 0.29) is 20.2 Å². The molecule has 2 rings (SSSR count). The van der Waals surface area contributed by atoms with Gasteiger partial charge in [0.05, 0.1) is 20.9 Å². The normalized spacial score (nSPS) is 10.5. The van der Waals surface area contributed by atoms with Crippen LogP contribution in [0.15, 0.2) is 33.2 Å². The number of hydrogen-bond donors (Lipinski definition) is 2. The maximum Gasteiger partial charge on any atom is 0.161 e. The molecule has 0 radical (unpaired) electrons. The highest BCUT2D eigenvalue weighted by atomic mass is 79.9. The fourth-order valence-corrected chi connectivity index (χ4v) is 3.39. The molecule has 0 aliphatic carbocycles. The Labute approximate surface area is 146 Å². The second-order valence-electron chi connectivity index (χ2n) is 4.02. The van der Waals surface area contributed by atoms with Crippen molar-refractivity contribution in [2.24, 2.45) is 5.73 Å². The van der Waals surface area contributed by atoms with Crippen molar-refractivity contribution >= 4 is 72.0 Å². The molecule has 3 N–H and O–H groups in total. The molecule has 2 aromatic carbocycles. The lowest BCUT2D eigenvalue weighted by molar-refractivity contribution is 0.624. The van der Waals surface area contributed by atoms with Crippen LogP contribution in [-0.4, -0.2) is 4.99 Å². The van der Waals surface area contributed by atoms with E-state index in [1.54, 1.807) is 6.07 Å². The molecule has 0 saturated heterocycles. The number of thiocarbonyl (C=S) groups is 1. The van der Waals surface area contributed by atoms with Crippen molar-refractivity contribution in [1.82, 2.24) is 0 Å². The fraction of sp³-hybridized carbons (Fsp3) is 0. The van der Waals surface area contributed by atoms with Gasteiger partial charge in [0.2, 0.25) is 0 Å². The van der Waals surface area contributed by atoms with Crippen molar-refractivity contribution in [3.63, 3.8) is 0 Å². The van der Waals surface area contributed by atoms with E-state index >= 15 is 0 Å². The average Bonchev–Trinajstić information content (AvgIpc) is 2.38. The van der Waals surface area contributed by atoms with Crippen LogP contribution in [0.3, 0.4) is 0 Å². The lowest BCUT2D eigenvalue weighted by Gasteiger charge is -2.13. The smallest absolute Gasteiger partial charge is 0.161 e. The second kappa shape index (κ2) is 6.56. The SMILES string of the molecule is NC(=S)c1ccc(Nc2c(Cl)cc(F)cc2Br)c(F)c1Br. The first-order chi connectivity index (χ1) is 9.81. The summed E-state index contributed by atoms with van der Waals surface area (Å²) in [4.78, 5) is 0.0771. The van der Waals surface area contributed by atoms with Crippen LogP contribution in [0.4, 0.5) is 20.2 Å². The molecular formula is C13H7Br2ClF2N2S. The molecule has 0 heterocycles. The third kappa shape index (κ3) is 3.53. The zero-order valence-corrected chi connectivity index (χ0v) is 14.9. The average molecular weight is 457 g/mol. The molecule has 110 valence electrons. The largest absolute Gasteiger partial charge is 0.389 e. The van der Waals surface area contributed by atoms with Gasteiger partial charge in [-0.2, -0.15) is 0 Å². The van der Waals surface area contributed by atoms with E-state index in [4.69, 9.17) is 29.6 Å². The van der Waals surface area contributed by atoms with E-state index < -0.39 is 11.6 Å². The number of nitrogens with two attached hydrogens (primary N) is 1. The van der Waals surface area contributed by atoms with Gasteiger partial charge in [-0.05, 0) is 56.1 Å². The van der Waals surface area contributed by atoms with Crippen molar-refractivity contribution < 1.29 is 8.78 Å². The quantitative estimate of drug-likeness (QED) is 0.598. The molecule has 2 aromatic rings. The topological polar surface area (TPSA) is 38.0 Å². The molecule has 0 unspecified atom stereocenters. The molecule has 0 amide bonds. The summed E-state index contributed by atoms with van der Waals surface area (Å²) < 4.78 is 28.0. The molecular weight excluding hydrogens is 449 g/mol. The highest BCUT2D eigenvalue weighted by Crippen LogP contribution is 2.36. The Morgan fingerprint density at radius 3 is 2.48 bits per heavy atom. The van der Waals surface area contributed by atoms with Gasteiger partial charge in [0, 0.05) is 10.0 Å². The van der Waals surface area contributed by atoms with Crippen molar-refractivity contribution in [1.29, 1.82) is 0 Å². The molecule has 0 atom stereocenters. The number of benzene rings is 2. The van der Waals surface area contributed by atoms with Crippen molar-refractivity contribution in [2.75, 3.05) is 5.32 Å². The van der Waals surface area contributed by atoms with Crippen LogP contribution in [0.5, 0.6) is 0 Å². The number of halogens is 5. The van der Waals surface area contributed by atoms with E-state index in [0.29, 0.717) is 15.7 Å². The Morgan fingerprint density at radius 2 is 1.90 bits per heavy atom. The van der Waals surface area contributed by atoms with Crippen molar-refractivity contribution in [3.05, 3.63) is 55.4 Å². The molecule has 0 fully saturated rings. The molecule has 0 spiro atoms. The summed E-state index contributed by atoms with van der Waals surface area (Å²) in [6.07, 6.45) is 0. The second-order valence-corrected chi connectivity index (χ2v) is 6.52. The van der Waals surface area contributed by atoms with E-state index in [1.807, 2.05) is 0 Å². The van der Waals surface area contributed by atoms with Crippen LogP contribution in [-0.2, 0) is 0 Å². The van der Waals surface area contributed by atoms with Gasteiger partial charge in [-0.3, -0.25) is 0 Å². The lowest BCUT2D eigenvalue weighted by Crippen LogP contribution is -2.11. The summed E-state index contributed by atoms with van der Waals surface area (Å²) in [6, 6.07) is 5.40. The highest BCUT2D eigenvalue weighted by molar-refractivity contribution is 9.11. The molecule has 8 heteroatoms. The molecule has 0 saturated carbocycles. The zero-order valence-electron chi connectivity index (χ0n) is 10.2. The minimum absolute atomic E-state index is 0.0771. The summed E-state index contributed by atoms with van der Waals surface area (Å²) in [6.45, 7) is 0. The van der Waals surface area contributed by atoms with Crippen LogP contribution < -0.4 is 11.1 Å². The fourth-order valence-electron chi connectivity index (χ4n) is 1.63. The monoisotopic (exact) mass is 454 g/mol. The third-order valence-corrected chi connectivity index (χ3v) is 4.53. The first-order valence-electron chi connectivity index (χ1n) is 5.50. The zero-order chi connectivity index (χ0) is 15.7.